The second kappa shape index (κ2) is 6.38. The third-order valence-corrected chi connectivity index (χ3v) is 2.80. The summed E-state index contributed by atoms with van der Waals surface area (Å²) in [5.41, 5.74) is 1.64. The molecule has 0 saturated heterocycles. The normalized spacial score (nSPS) is 10.4. The van der Waals surface area contributed by atoms with Crippen LogP contribution < -0.4 is 5.32 Å². The lowest BCUT2D eigenvalue weighted by Gasteiger charge is -2.01. The lowest BCUT2D eigenvalue weighted by atomic mass is 10.2. The van der Waals surface area contributed by atoms with E-state index >= 15 is 0 Å². The number of aromatic nitrogens is 2. The smallest absolute Gasteiger partial charge is 0.221 e. The molecule has 1 aromatic heterocycles. The molecule has 0 fully saturated rings. The maximum Gasteiger partial charge on any atom is 0.221 e. The van der Waals surface area contributed by atoms with Gasteiger partial charge in [0.2, 0.25) is 5.91 Å². The second-order valence-electron chi connectivity index (χ2n) is 4.00. The van der Waals surface area contributed by atoms with Crippen LogP contribution in [-0.2, 0) is 11.3 Å². The number of carbonyl (C=O) groups is 1. The molecule has 1 heterocycles. The average molecular weight is 279 g/mol. The Bertz CT molecular complexity index is 553. The number of H-pyrrole nitrogens is 1. The number of imidazole rings is 1. The van der Waals surface area contributed by atoms with Crippen molar-refractivity contribution in [2.45, 2.75) is 13.0 Å². The highest BCUT2D eigenvalue weighted by molar-refractivity contribution is 7.80. The third-order valence-electron chi connectivity index (χ3n) is 2.58. The van der Waals surface area contributed by atoms with Gasteiger partial charge in [0.15, 0.2) is 0 Å². The van der Waals surface area contributed by atoms with E-state index in [0.717, 1.165) is 11.3 Å². The number of nitrogens with one attached hydrogen (secondary N) is 2. The van der Waals surface area contributed by atoms with Crippen molar-refractivity contribution in [1.29, 1.82) is 0 Å². The maximum absolute atomic E-state index is 12.8. The van der Waals surface area contributed by atoms with Crippen LogP contribution in [0.5, 0.6) is 0 Å². The zero-order valence-electron chi connectivity index (χ0n) is 10.2. The SMILES string of the molecule is O=C(CCS)NCc1ncc(-c2ccc(F)cc2)[nH]1. The first kappa shape index (κ1) is 13.6. The summed E-state index contributed by atoms with van der Waals surface area (Å²) >= 11 is 3.99. The highest BCUT2D eigenvalue weighted by atomic mass is 32.1. The van der Waals surface area contributed by atoms with Gasteiger partial charge in [-0.1, -0.05) is 0 Å². The van der Waals surface area contributed by atoms with Crippen LogP contribution in [0.15, 0.2) is 30.5 Å². The summed E-state index contributed by atoms with van der Waals surface area (Å²) in [4.78, 5) is 18.5. The number of halogens is 1. The lowest BCUT2D eigenvalue weighted by molar-refractivity contribution is -0.120. The molecule has 1 amide bonds. The van der Waals surface area contributed by atoms with E-state index in [-0.39, 0.29) is 11.7 Å². The Morgan fingerprint density at radius 1 is 1.37 bits per heavy atom. The summed E-state index contributed by atoms with van der Waals surface area (Å²) in [6.45, 7) is 0.341. The molecule has 100 valence electrons. The summed E-state index contributed by atoms with van der Waals surface area (Å²) in [5.74, 6) is 0.842. The van der Waals surface area contributed by atoms with Crippen LogP contribution in [0.4, 0.5) is 4.39 Å². The number of hydrogen-bond donors (Lipinski definition) is 3. The quantitative estimate of drug-likeness (QED) is 0.735. The molecule has 0 aliphatic heterocycles. The molecule has 0 bridgehead atoms. The van der Waals surface area contributed by atoms with E-state index in [1.54, 1.807) is 18.3 Å². The van der Waals surface area contributed by atoms with E-state index in [2.05, 4.69) is 27.9 Å². The van der Waals surface area contributed by atoms with Crippen LogP contribution in [0.25, 0.3) is 11.3 Å². The van der Waals surface area contributed by atoms with Crippen molar-refractivity contribution in [2.75, 3.05) is 5.75 Å². The fourth-order valence-corrected chi connectivity index (χ4v) is 1.80. The predicted octanol–water partition coefficient (Wildman–Crippen LogP) is 2.15. The molecule has 2 rings (SSSR count). The van der Waals surface area contributed by atoms with Crippen LogP contribution in [0.1, 0.15) is 12.2 Å². The van der Waals surface area contributed by atoms with E-state index in [4.69, 9.17) is 0 Å². The molecule has 0 unspecified atom stereocenters. The van der Waals surface area contributed by atoms with Gasteiger partial charge >= 0.3 is 0 Å². The van der Waals surface area contributed by atoms with Gasteiger partial charge < -0.3 is 10.3 Å². The minimum absolute atomic E-state index is 0.0604. The van der Waals surface area contributed by atoms with Crippen molar-refractivity contribution in [2.24, 2.45) is 0 Å². The summed E-state index contributed by atoms with van der Waals surface area (Å²) in [6, 6.07) is 6.13. The maximum atomic E-state index is 12.8. The summed E-state index contributed by atoms with van der Waals surface area (Å²) in [5, 5.41) is 2.73. The van der Waals surface area contributed by atoms with E-state index in [1.165, 1.54) is 12.1 Å². The van der Waals surface area contributed by atoms with Crippen LogP contribution in [0.3, 0.4) is 0 Å². The standard InChI is InChI=1S/C13H14FN3OS/c14-10-3-1-9(2-4-10)11-7-15-12(17-11)8-16-13(18)5-6-19/h1-4,7,19H,5-6,8H2,(H,15,17)(H,16,18). The van der Waals surface area contributed by atoms with E-state index in [1.807, 2.05) is 0 Å². The molecule has 6 heteroatoms. The number of hydrogen-bond acceptors (Lipinski definition) is 3. The molecule has 0 atom stereocenters. The Kier molecular flexibility index (Phi) is 4.57. The van der Waals surface area contributed by atoms with Crippen LogP contribution >= 0.6 is 12.6 Å². The minimum Gasteiger partial charge on any atom is -0.349 e. The largest absolute Gasteiger partial charge is 0.349 e. The van der Waals surface area contributed by atoms with Gasteiger partial charge in [-0.2, -0.15) is 12.6 Å². The molecular formula is C13H14FN3OS. The number of rotatable bonds is 5. The van der Waals surface area contributed by atoms with Crippen molar-refractivity contribution < 1.29 is 9.18 Å². The highest BCUT2D eigenvalue weighted by Gasteiger charge is 2.05. The number of benzene rings is 1. The van der Waals surface area contributed by atoms with Gasteiger partial charge in [-0.3, -0.25) is 4.79 Å². The van der Waals surface area contributed by atoms with Gasteiger partial charge in [0.1, 0.15) is 11.6 Å². The summed E-state index contributed by atoms with van der Waals surface area (Å²) in [7, 11) is 0. The highest BCUT2D eigenvalue weighted by Crippen LogP contribution is 2.17. The van der Waals surface area contributed by atoms with Crippen molar-refractivity contribution in [3.05, 3.63) is 42.1 Å². The van der Waals surface area contributed by atoms with Crippen LogP contribution in [0, 0.1) is 5.82 Å². The molecule has 4 nitrogen and oxygen atoms in total. The van der Waals surface area contributed by atoms with Gasteiger partial charge in [0, 0.05) is 6.42 Å². The number of carbonyl (C=O) groups excluding carboxylic acids is 1. The Morgan fingerprint density at radius 3 is 2.79 bits per heavy atom. The number of aromatic amines is 1. The first-order valence-electron chi connectivity index (χ1n) is 5.86. The molecule has 2 N–H and O–H groups in total. The molecular weight excluding hydrogens is 265 g/mol. The van der Waals surface area contributed by atoms with Crippen LogP contribution in [0.2, 0.25) is 0 Å². The zero-order chi connectivity index (χ0) is 13.7. The first-order chi connectivity index (χ1) is 9.19. The monoisotopic (exact) mass is 279 g/mol. The summed E-state index contributed by atoms with van der Waals surface area (Å²) in [6.07, 6.45) is 2.04. The molecule has 0 aliphatic carbocycles. The van der Waals surface area contributed by atoms with Crippen LogP contribution in [-0.4, -0.2) is 21.6 Å². The Labute approximate surface area is 115 Å². The molecule has 19 heavy (non-hydrogen) atoms. The molecule has 2 aromatic rings. The molecule has 0 radical (unpaired) electrons. The van der Waals surface area contributed by atoms with Gasteiger partial charge in [-0.15, -0.1) is 0 Å². The Balaban J connectivity index is 1.99. The third kappa shape index (κ3) is 3.82. The second-order valence-corrected chi connectivity index (χ2v) is 4.45. The van der Waals surface area contributed by atoms with Gasteiger partial charge in [0.05, 0.1) is 18.4 Å². The van der Waals surface area contributed by atoms with E-state index < -0.39 is 0 Å². The molecule has 0 aliphatic rings. The molecule has 0 spiro atoms. The van der Waals surface area contributed by atoms with Gasteiger partial charge in [-0.05, 0) is 35.6 Å². The fraction of sp³-hybridized carbons (Fsp3) is 0.231. The minimum atomic E-state index is -0.275. The number of amides is 1. The molecule has 1 aromatic carbocycles. The average Bonchev–Trinajstić information content (AvgIpc) is 2.86. The number of thiol groups is 1. The van der Waals surface area contributed by atoms with Crippen molar-refractivity contribution >= 4 is 18.5 Å². The fourth-order valence-electron chi connectivity index (χ4n) is 1.60. The zero-order valence-corrected chi connectivity index (χ0v) is 11.1. The lowest BCUT2D eigenvalue weighted by Crippen LogP contribution is -2.23. The first-order valence-corrected chi connectivity index (χ1v) is 6.49. The predicted molar refractivity (Wildman–Crippen MR) is 74.3 cm³/mol. The van der Waals surface area contributed by atoms with Gasteiger partial charge in [-0.25, -0.2) is 9.37 Å². The van der Waals surface area contributed by atoms with E-state index in [0.29, 0.717) is 24.5 Å². The van der Waals surface area contributed by atoms with E-state index in [9.17, 15) is 9.18 Å². The Morgan fingerprint density at radius 2 is 2.11 bits per heavy atom. The Hall–Kier alpha value is -1.82. The van der Waals surface area contributed by atoms with Crippen molar-refractivity contribution in [3.8, 4) is 11.3 Å². The van der Waals surface area contributed by atoms with Crippen molar-refractivity contribution in [1.82, 2.24) is 15.3 Å². The number of nitrogens with zero attached hydrogens (tertiary/aromatic N) is 1. The topological polar surface area (TPSA) is 57.8 Å². The van der Waals surface area contributed by atoms with Crippen molar-refractivity contribution in [3.63, 3.8) is 0 Å². The summed E-state index contributed by atoms with van der Waals surface area (Å²) < 4.78 is 12.8. The molecule has 0 saturated carbocycles. The van der Waals surface area contributed by atoms with Gasteiger partial charge in [0.25, 0.3) is 0 Å².